The molecule has 6 heteroatoms. The van der Waals surface area contributed by atoms with Crippen LogP contribution in [0.3, 0.4) is 0 Å². The third-order valence-electron chi connectivity index (χ3n) is 2.46. The maximum atomic E-state index is 6.21. The van der Waals surface area contributed by atoms with Crippen molar-refractivity contribution in [3.63, 3.8) is 0 Å². The highest BCUT2D eigenvalue weighted by molar-refractivity contribution is 14.1. The topological polar surface area (TPSA) is 38.7 Å². The van der Waals surface area contributed by atoms with E-state index in [0.29, 0.717) is 11.0 Å². The molecule has 0 spiro atoms. The normalized spacial score (nSPS) is 11.1. The first-order valence-electron chi connectivity index (χ1n) is 5.19. The van der Waals surface area contributed by atoms with Crippen molar-refractivity contribution in [2.45, 2.75) is 6.92 Å². The van der Waals surface area contributed by atoms with E-state index in [1.165, 1.54) is 0 Å². The smallest absolute Gasteiger partial charge is 0.181 e. The zero-order valence-electron chi connectivity index (χ0n) is 9.32. The van der Waals surface area contributed by atoms with E-state index in [-0.39, 0.29) is 0 Å². The maximum absolute atomic E-state index is 6.21. The zero-order chi connectivity index (χ0) is 12.7. The Morgan fingerprint density at radius 2 is 2.06 bits per heavy atom. The fourth-order valence-corrected chi connectivity index (χ4v) is 2.96. The van der Waals surface area contributed by atoms with Crippen LogP contribution >= 0.6 is 45.5 Å². The predicted octanol–water partition coefficient (Wildman–Crippen LogP) is 4.32. The number of rotatable bonds is 1. The van der Waals surface area contributed by atoms with Gasteiger partial charge in [-0.05, 0) is 47.7 Å². The molecule has 1 aromatic carbocycles. The second kappa shape index (κ2) is 4.71. The van der Waals surface area contributed by atoms with E-state index in [1.807, 2.05) is 30.5 Å². The van der Waals surface area contributed by atoms with E-state index in [0.717, 1.165) is 25.2 Å². The van der Waals surface area contributed by atoms with E-state index in [4.69, 9.17) is 11.6 Å². The zero-order valence-corrected chi connectivity index (χ0v) is 13.0. The first kappa shape index (κ1) is 12.3. The number of nitrogens with zero attached hydrogens (tertiary/aromatic N) is 3. The summed E-state index contributed by atoms with van der Waals surface area (Å²) in [7, 11) is 0. The van der Waals surface area contributed by atoms with Crippen molar-refractivity contribution in [3.05, 3.63) is 37.3 Å². The molecule has 2 aromatic heterocycles. The molecule has 18 heavy (non-hydrogen) atoms. The Balaban J connectivity index is 2.24. The maximum Gasteiger partial charge on any atom is 0.181 e. The van der Waals surface area contributed by atoms with Gasteiger partial charge in [0.25, 0.3) is 0 Å². The molecule has 3 aromatic rings. The van der Waals surface area contributed by atoms with Gasteiger partial charge in [-0.3, -0.25) is 0 Å². The molecule has 3 nitrogen and oxygen atoms in total. The van der Waals surface area contributed by atoms with Gasteiger partial charge in [-0.25, -0.2) is 15.0 Å². The number of hydrogen-bond acceptors (Lipinski definition) is 4. The molecule has 0 N–H and O–H groups in total. The molecule has 0 aliphatic heterocycles. The highest BCUT2D eigenvalue weighted by atomic mass is 127. The third-order valence-corrected chi connectivity index (χ3v) is 4.19. The molecule has 0 unspecified atom stereocenters. The summed E-state index contributed by atoms with van der Waals surface area (Å²) in [5, 5.41) is 4.28. The van der Waals surface area contributed by atoms with Crippen molar-refractivity contribution >= 4 is 56.4 Å². The van der Waals surface area contributed by atoms with E-state index < -0.39 is 0 Å². The Morgan fingerprint density at radius 1 is 1.22 bits per heavy atom. The van der Waals surface area contributed by atoms with E-state index in [2.05, 4.69) is 37.5 Å². The molecule has 3 rings (SSSR count). The highest BCUT2D eigenvalue weighted by Gasteiger charge is 2.10. The molecule has 0 atom stereocenters. The summed E-state index contributed by atoms with van der Waals surface area (Å²) >= 11 is 10.0. The lowest BCUT2D eigenvalue weighted by Crippen LogP contribution is -1.92. The molecule has 0 radical (unpaired) electrons. The molecule has 0 saturated heterocycles. The number of hydrogen-bond donors (Lipinski definition) is 0. The number of halogens is 2. The molecule has 0 aliphatic rings. The van der Waals surface area contributed by atoms with Crippen molar-refractivity contribution in [3.8, 4) is 11.5 Å². The third kappa shape index (κ3) is 2.22. The van der Waals surface area contributed by atoms with E-state index in [9.17, 15) is 0 Å². The second-order valence-corrected chi connectivity index (χ2v) is 6.42. The van der Waals surface area contributed by atoms with Crippen LogP contribution in [0, 0.1) is 10.5 Å². The van der Waals surface area contributed by atoms with Crippen LogP contribution in [0.4, 0.5) is 0 Å². The van der Waals surface area contributed by atoms with Crippen LogP contribution in [-0.2, 0) is 0 Å². The van der Waals surface area contributed by atoms with Gasteiger partial charge in [0.15, 0.2) is 5.82 Å². The summed E-state index contributed by atoms with van der Waals surface area (Å²) in [5.74, 6) is 0.582. The number of aryl methyl sites for hydroxylation is 1. The minimum absolute atomic E-state index is 0.471. The fourth-order valence-electron chi connectivity index (χ4n) is 1.64. The van der Waals surface area contributed by atoms with Gasteiger partial charge in [0.05, 0.1) is 10.5 Å². The van der Waals surface area contributed by atoms with Crippen LogP contribution in [0.5, 0.6) is 0 Å². The van der Waals surface area contributed by atoms with Crippen molar-refractivity contribution in [2.75, 3.05) is 0 Å². The van der Waals surface area contributed by atoms with Gasteiger partial charge in [0, 0.05) is 14.3 Å². The minimum atomic E-state index is 0.471. The molecule has 0 amide bonds. The first-order chi connectivity index (χ1) is 8.63. The van der Waals surface area contributed by atoms with E-state index >= 15 is 0 Å². The summed E-state index contributed by atoms with van der Waals surface area (Å²) in [6, 6.07) is 5.93. The molecule has 0 bridgehead atoms. The predicted molar refractivity (Wildman–Crippen MR) is 83.1 cm³/mol. The van der Waals surface area contributed by atoms with Crippen molar-refractivity contribution in [1.82, 2.24) is 15.0 Å². The van der Waals surface area contributed by atoms with Crippen molar-refractivity contribution < 1.29 is 0 Å². The summed E-state index contributed by atoms with van der Waals surface area (Å²) in [5.41, 5.74) is 1.62. The Hall–Kier alpha value is -0.790. The fraction of sp³-hybridized carbons (Fsp3) is 0.0833. The van der Waals surface area contributed by atoms with Crippen LogP contribution in [-0.4, -0.2) is 15.0 Å². The molecular formula is C12H7ClIN3S. The summed E-state index contributed by atoms with van der Waals surface area (Å²) in [4.78, 5) is 13.2. The lowest BCUT2D eigenvalue weighted by atomic mass is 10.2. The van der Waals surface area contributed by atoms with Crippen molar-refractivity contribution in [2.24, 2.45) is 0 Å². The SMILES string of the molecule is Cc1nc(-c2nc(Cl)c3cc(I)ccc3n2)cs1. The molecule has 0 saturated carbocycles. The average molecular weight is 388 g/mol. The monoisotopic (exact) mass is 387 g/mol. The molecule has 2 heterocycles. The Labute approximate surface area is 126 Å². The summed E-state index contributed by atoms with van der Waals surface area (Å²) in [6.07, 6.45) is 0. The van der Waals surface area contributed by atoms with Gasteiger partial charge in [-0.1, -0.05) is 11.6 Å². The molecular weight excluding hydrogens is 381 g/mol. The summed E-state index contributed by atoms with van der Waals surface area (Å²) < 4.78 is 1.11. The molecule has 0 fully saturated rings. The number of fused-ring (bicyclic) bond motifs is 1. The van der Waals surface area contributed by atoms with Gasteiger partial charge >= 0.3 is 0 Å². The lowest BCUT2D eigenvalue weighted by Gasteiger charge is -2.03. The van der Waals surface area contributed by atoms with Gasteiger partial charge in [-0.2, -0.15) is 0 Å². The first-order valence-corrected chi connectivity index (χ1v) is 7.52. The van der Waals surface area contributed by atoms with Gasteiger partial charge in [0.1, 0.15) is 10.8 Å². The van der Waals surface area contributed by atoms with Gasteiger partial charge in [-0.15, -0.1) is 11.3 Å². The summed E-state index contributed by atoms with van der Waals surface area (Å²) in [6.45, 7) is 1.96. The van der Waals surface area contributed by atoms with Crippen LogP contribution in [0.2, 0.25) is 5.15 Å². The average Bonchev–Trinajstić information content (AvgIpc) is 2.77. The number of thiazole rings is 1. The number of aromatic nitrogens is 3. The van der Waals surface area contributed by atoms with Crippen LogP contribution in [0.15, 0.2) is 23.6 Å². The largest absolute Gasteiger partial charge is 0.238 e. The molecule has 0 aliphatic carbocycles. The van der Waals surface area contributed by atoms with Crippen molar-refractivity contribution in [1.29, 1.82) is 0 Å². The van der Waals surface area contributed by atoms with Gasteiger partial charge in [0.2, 0.25) is 0 Å². The Bertz CT molecular complexity index is 741. The lowest BCUT2D eigenvalue weighted by molar-refractivity contribution is 1.18. The van der Waals surface area contributed by atoms with Crippen LogP contribution in [0.25, 0.3) is 22.4 Å². The van der Waals surface area contributed by atoms with Crippen LogP contribution < -0.4 is 0 Å². The second-order valence-electron chi connectivity index (χ2n) is 3.75. The quantitative estimate of drug-likeness (QED) is 0.461. The Morgan fingerprint density at radius 3 is 2.78 bits per heavy atom. The van der Waals surface area contributed by atoms with Crippen LogP contribution in [0.1, 0.15) is 5.01 Å². The van der Waals surface area contributed by atoms with E-state index in [1.54, 1.807) is 11.3 Å². The standard InChI is InChI=1S/C12H7ClIN3S/c1-6-15-10(5-18-6)12-16-9-3-2-7(14)4-8(9)11(13)17-12/h2-5H,1H3. The molecule has 90 valence electrons. The Kier molecular flexibility index (Phi) is 3.21. The van der Waals surface area contributed by atoms with Gasteiger partial charge < -0.3 is 0 Å². The minimum Gasteiger partial charge on any atom is -0.238 e. The number of benzene rings is 1. The highest BCUT2D eigenvalue weighted by Crippen LogP contribution is 2.26.